The Kier molecular flexibility index (Phi) is 5.67. The first-order valence-corrected chi connectivity index (χ1v) is 7.40. The van der Waals surface area contributed by atoms with Crippen LogP contribution in [0.5, 0.6) is 0 Å². The summed E-state index contributed by atoms with van der Waals surface area (Å²) in [7, 11) is 1.77. The second kappa shape index (κ2) is 7.51. The second-order valence-corrected chi connectivity index (χ2v) is 5.23. The van der Waals surface area contributed by atoms with E-state index in [4.69, 9.17) is 4.74 Å². The standard InChI is InChI=1S/C16H26N2O/c1-3-15-13-18(11-6-10-17-15)16-8-5-4-7-14(16)9-12-19-2/h4-5,7-8,15,17H,3,6,9-13H2,1-2H3. The van der Waals surface area contributed by atoms with Crippen molar-refractivity contribution in [3.8, 4) is 0 Å². The van der Waals surface area contributed by atoms with Gasteiger partial charge in [-0.3, -0.25) is 0 Å². The minimum atomic E-state index is 0.609. The molecule has 1 saturated heterocycles. The molecule has 106 valence electrons. The zero-order chi connectivity index (χ0) is 13.5. The molecule has 1 heterocycles. The van der Waals surface area contributed by atoms with Gasteiger partial charge < -0.3 is 15.0 Å². The molecule has 0 bridgehead atoms. The molecular formula is C16H26N2O. The third kappa shape index (κ3) is 3.95. The molecular weight excluding hydrogens is 236 g/mol. The molecule has 1 aliphatic heterocycles. The topological polar surface area (TPSA) is 24.5 Å². The Morgan fingerprint density at radius 1 is 1.37 bits per heavy atom. The summed E-state index contributed by atoms with van der Waals surface area (Å²) in [6, 6.07) is 9.36. The number of nitrogens with one attached hydrogen (secondary N) is 1. The van der Waals surface area contributed by atoms with E-state index in [2.05, 4.69) is 41.4 Å². The van der Waals surface area contributed by atoms with E-state index in [-0.39, 0.29) is 0 Å². The van der Waals surface area contributed by atoms with E-state index in [1.807, 2.05) is 0 Å². The van der Waals surface area contributed by atoms with Gasteiger partial charge in [-0.05, 0) is 37.4 Å². The SMILES string of the molecule is CCC1CN(c2ccccc2CCOC)CCCN1. The lowest BCUT2D eigenvalue weighted by molar-refractivity contribution is 0.202. The maximum Gasteiger partial charge on any atom is 0.0503 e. The van der Waals surface area contributed by atoms with Gasteiger partial charge in [0.15, 0.2) is 0 Å². The van der Waals surface area contributed by atoms with Crippen LogP contribution in [0, 0.1) is 0 Å². The maximum atomic E-state index is 5.22. The highest BCUT2D eigenvalue weighted by Gasteiger charge is 2.18. The number of methoxy groups -OCH3 is 1. The molecule has 0 amide bonds. The van der Waals surface area contributed by atoms with Gasteiger partial charge in [0.25, 0.3) is 0 Å². The van der Waals surface area contributed by atoms with Gasteiger partial charge in [0.1, 0.15) is 0 Å². The number of hydrogen-bond acceptors (Lipinski definition) is 3. The molecule has 1 atom stereocenters. The van der Waals surface area contributed by atoms with Crippen molar-refractivity contribution in [3.05, 3.63) is 29.8 Å². The van der Waals surface area contributed by atoms with Crippen LogP contribution in [-0.2, 0) is 11.2 Å². The minimum absolute atomic E-state index is 0.609. The molecule has 0 radical (unpaired) electrons. The van der Waals surface area contributed by atoms with Gasteiger partial charge >= 0.3 is 0 Å². The molecule has 3 nitrogen and oxygen atoms in total. The summed E-state index contributed by atoms with van der Waals surface area (Å²) < 4.78 is 5.22. The quantitative estimate of drug-likeness (QED) is 0.882. The molecule has 1 aromatic carbocycles. The molecule has 3 heteroatoms. The van der Waals surface area contributed by atoms with Crippen molar-refractivity contribution in [1.29, 1.82) is 0 Å². The van der Waals surface area contributed by atoms with E-state index >= 15 is 0 Å². The van der Waals surface area contributed by atoms with Crippen LogP contribution in [-0.4, -0.2) is 39.4 Å². The summed E-state index contributed by atoms with van der Waals surface area (Å²) in [6.07, 6.45) is 3.40. The lowest BCUT2D eigenvalue weighted by Gasteiger charge is -2.28. The minimum Gasteiger partial charge on any atom is -0.384 e. The van der Waals surface area contributed by atoms with Crippen molar-refractivity contribution in [2.75, 3.05) is 38.3 Å². The van der Waals surface area contributed by atoms with Crippen LogP contribution >= 0.6 is 0 Å². The first-order valence-electron chi connectivity index (χ1n) is 7.40. The molecule has 1 unspecified atom stereocenters. The lowest BCUT2D eigenvalue weighted by atomic mass is 10.1. The normalized spacial score (nSPS) is 20.3. The average molecular weight is 262 g/mol. The largest absolute Gasteiger partial charge is 0.384 e. The van der Waals surface area contributed by atoms with Gasteiger partial charge in [0.2, 0.25) is 0 Å². The van der Waals surface area contributed by atoms with Crippen molar-refractivity contribution < 1.29 is 4.74 Å². The highest BCUT2D eigenvalue weighted by atomic mass is 16.5. The third-order valence-corrected chi connectivity index (χ3v) is 3.88. The number of hydrogen-bond donors (Lipinski definition) is 1. The van der Waals surface area contributed by atoms with Crippen LogP contribution in [0.15, 0.2) is 24.3 Å². The van der Waals surface area contributed by atoms with Crippen molar-refractivity contribution in [2.45, 2.75) is 32.2 Å². The van der Waals surface area contributed by atoms with E-state index < -0.39 is 0 Å². The summed E-state index contributed by atoms with van der Waals surface area (Å²) in [4.78, 5) is 2.54. The van der Waals surface area contributed by atoms with Crippen LogP contribution in [0.25, 0.3) is 0 Å². The number of para-hydroxylation sites is 1. The van der Waals surface area contributed by atoms with Gasteiger partial charge in [-0.2, -0.15) is 0 Å². The monoisotopic (exact) mass is 262 g/mol. The Balaban J connectivity index is 2.14. The number of nitrogens with zero attached hydrogens (tertiary/aromatic N) is 1. The number of ether oxygens (including phenoxy) is 1. The van der Waals surface area contributed by atoms with E-state index in [1.54, 1.807) is 7.11 Å². The predicted molar refractivity (Wildman–Crippen MR) is 80.9 cm³/mol. The second-order valence-electron chi connectivity index (χ2n) is 5.23. The summed E-state index contributed by atoms with van der Waals surface area (Å²) in [5.41, 5.74) is 2.79. The molecule has 0 aliphatic carbocycles. The maximum absolute atomic E-state index is 5.22. The van der Waals surface area contributed by atoms with Crippen molar-refractivity contribution in [1.82, 2.24) is 5.32 Å². The van der Waals surface area contributed by atoms with Crippen molar-refractivity contribution >= 4 is 5.69 Å². The zero-order valence-electron chi connectivity index (χ0n) is 12.2. The Labute approximate surface area is 116 Å². The van der Waals surface area contributed by atoms with Crippen LogP contribution in [0.1, 0.15) is 25.3 Å². The highest BCUT2D eigenvalue weighted by Crippen LogP contribution is 2.22. The molecule has 1 fully saturated rings. The van der Waals surface area contributed by atoms with E-state index in [1.165, 1.54) is 24.1 Å². The smallest absolute Gasteiger partial charge is 0.0503 e. The van der Waals surface area contributed by atoms with Gasteiger partial charge in [-0.25, -0.2) is 0 Å². The first kappa shape index (κ1) is 14.4. The lowest BCUT2D eigenvalue weighted by Crippen LogP contribution is -2.37. The van der Waals surface area contributed by atoms with Crippen LogP contribution in [0.4, 0.5) is 5.69 Å². The van der Waals surface area contributed by atoms with Crippen LogP contribution in [0.2, 0.25) is 0 Å². The fourth-order valence-electron chi connectivity index (χ4n) is 2.73. The molecule has 0 aromatic heterocycles. The fraction of sp³-hybridized carbons (Fsp3) is 0.625. The molecule has 2 rings (SSSR count). The Morgan fingerprint density at radius 3 is 3.00 bits per heavy atom. The number of anilines is 1. The fourth-order valence-corrected chi connectivity index (χ4v) is 2.73. The van der Waals surface area contributed by atoms with Gasteiger partial charge in [0.05, 0.1) is 6.61 Å². The summed E-state index contributed by atoms with van der Waals surface area (Å²) >= 11 is 0. The summed E-state index contributed by atoms with van der Waals surface area (Å²) in [5.74, 6) is 0. The van der Waals surface area contributed by atoms with E-state index in [0.717, 1.165) is 32.7 Å². The van der Waals surface area contributed by atoms with E-state index in [9.17, 15) is 0 Å². The van der Waals surface area contributed by atoms with Crippen molar-refractivity contribution in [3.63, 3.8) is 0 Å². The molecule has 1 N–H and O–H groups in total. The molecule has 0 spiro atoms. The third-order valence-electron chi connectivity index (χ3n) is 3.88. The Bertz CT molecular complexity index is 381. The Morgan fingerprint density at radius 2 is 2.21 bits per heavy atom. The zero-order valence-corrected chi connectivity index (χ0v) is 12.2. The molecule has 19 heavy (non-hydrogen) atoms. The number of benzene rings is 1. The summed E-state index contributed by atoms with van der Waals surface area (Å²) in [5, 5.41) is 3.63. The van der Waals surface area contributed by atoms with E-state index in [0.29, 0.717) is 6.04 Å². The predicted octanol–water partition coefficient (Wildman–Crippen LogP) is 2.45. The van der Waals surface area contributed by atoms with Gasteiger partial charge in [-0.15, -0.1) is 0 Å². The summed E-state index contributed by atoms with van der Waals surface area (Å²) in [6.45, 7) is 6.45. The van der Waals surface area contributed by atoms with Gasteiger partial charge in [0, 0.05) is 31.9 Å². The average Bonchev–Trinajstić information content (AvgIpc) is 2.70. The first-order chi connectivity index (χ1) is 9.35. The van der Waals surface area contributed by atoms with Crippen molar-refractivity contribution in [2.24, 2.45) is 0 Å². The molecule has 1 aromatic rings. The Hall–Kier alpha value is -1.06. The number of rotatable bonds is 5. The van der Waals surface area contributed by atoms with Crippen LogP contribution < -0.4 is 10.2 Å². The van der Waals surface area contributed by atoms with Gasteiger partial charge in [-0.1, -0.05) is 25.1 Å². The van der Waals surface area contributed by atoms with Crippen LogP contribution in [0.3, 0.4) is 0 Å². The molecule has 0 saturated carbocycles. The highest BCUT2D eigenvalue weighted by molar-refractivity contribution is 5.54. The molecule has 1 aliphatic rings.